The van der Waals surface area contributed by atoms with Crippen LogP contribution in [0.5, 0.6) is 5.75 Å². The molecule has 0 saturated heterocycles. The third-order valence-corrected chi connectivity index (χ3v) is 9.80. The van der Waals surface area contributed by atoms with E-state index >= 15 is 0 Å². The molecule has 0 bridgehead atoms. The number of carbonyl (C=O) groups is 1. The van der Waals surface area contributed by atoms with Crippen molar-refractivity contribution in [3.8, 4) is 11.8 Å². The molecular weight excluding hydrogens is 468 g/mol. The molecule has 1 N–H and O–H groups in total. The number of ether oxygens (including phenoxy) is 1. The second-order valence-corrected chi connectivity index (χ2v) is 11.8. The highest BCUT2D eigenvalue weighted by Gasteiger charge is 2.60. The molecule has 2 aromatic heterocycles. The maximum absolute atomic E-state index is 13.0. The Bertz CT molecular complexity index is 1530. The van der Waals surface area contributed by atoms with Crippen LogP contribution in [0.1, 0.15) is 47.2 Å². The first kappa shape index (κ1) is 23.1. The molecule has 1 amide bonds. The number of amides is 1. The van der Waals surface area contributed by atoms with Crippen LogP contribution >= 0.6 is 0 Å². The van der Waals surface area contributed by atoms with Crippen LogP contribution in [-0.4, -0.2) is 40.5 Å². The normalized spacial score (nSPS) is 16.5. The summed E-state index contributed by atoms with van der Waals surface area (Å²) in [5, 5.41) is 11.4. The number of hydrogen-bond acceptors (Lipinski definition) is 7. The maximum atomic E-state index is 13.0. The second kappa shape index (κ2) is 8.50. The first-order chi connectivity index (χ1) is 16.8. The van der Waals surface area contributed by atoms with Crippen LogP contribution in [0.15, 0.2) is 47.4 Å². The highest BCUT2D eigenvalue weighted by molar-refractivity contribution is 7.94. The Morgan fingerprint density at radius 2 is 1.97 bits per heavy atom. The molecule has 2 aliphatic carbocycles. The summed E-state index contributed by atoms with van der Waals surface area (Å²) in [5.74, 6) is -0.186. The lowest BCUT2D eigenvalue weighted by atomic mass is 10.1. The van der Waals surface area contributed by atoms with Gasteiger partial charge in [-0.25, -0.2) is 8.42 Å². The predicted molar refractivity (Wildman–Crippen MR) is 129 cm³/mol. The Kier molecular flexibility index (Phi) is 5.60. The van der Waals surface area contributed by atoms with Gasteiger partial charge in [-0.1, -0.05) is 12.1 Å². The molecule has 2 aliphatic rings. The summed E-state index contributed by atoms with van der Waals surface area (Å²) < 4.78 is 32.0. The zero-order chi connectivity index (χ0) is 24.8. The summed E-state index contributed by atoms with van der Waals surface area (Å²) in [6, 6.07) is 11.8. The number of sulfone groups is 1. The van der Waals surface area contributed by atoms with E-state index in [0.717, 1.165) is 5.56 Å². The minimum absolute atomic E-state index is 0.0337. The molecule has 0 unspecified atom stereocenters. The number of pyridine rings is 2. The van der Waals surface area contributed by atoms with Crippen LogP contribution in [-0.2, 0) is 23.4 Å². The van der Waals surface area contributed by atoms with Gasteiger partial charge in [0, 0.05) is 25.9 Å². The molecule has 2 heterocycles. The highest BCUT2D eigenvalue weighted by atomic mass is 32.2. The SMILES string of the molecule is Cn1c(=O)c(C(=O)NCc2ccc(C#N)cc2)cc2nccc(OCC3(S(=O)(=O)C4CC4)CC3)c21. The molecule has 5 rings (SSSR count). The zero-order valence-corrected chi connectivity index (χ0v) is 20.0. The van der Waals surface area contributed by atoms with Crippen LogP contribution in [0.3, 0.4) is 0 Å². The summed E-state index contributed by atoms with van der Waals surface area (Å²) >= 11 is 0. The molecule has 35 heavy (non-hydrogen) atoms. The van der Waals surface area contributed by atoms with Gasteiger partial charge in [0.05, 0.1) is 22.4 Å². The van der Waals surface area contributed by atoms with E-state index in [1.165, 1.54) is 23.9 Å². The van der Waals surface area contributed by atoms with Crippen molar-refractivity contribution in [2.45, 2.75) is 42.2 Å². The van der Waals surface area contributed by atoms with Gasteiger partial charge in [0.1, 0.15) is 28.2 Å². The van der Waals surface area contributed by atoms with Crippen LogP contribution in [0, 0.1) is 11.3 Å². The van der Waals surface area contributed by atoms with E-state index in [4.69, 9.17) is 10.00 Å². The molecular formula is C25H24N4O5S. The number of hydrogen-bond donors (Lipinski definition) is 1. The molecule has 0 spiro atoms. The third kappa shape index (κ3) is 4.17. The van der Waals surface area contributed by atoms with E-state index in [-0.39, 0.29) is 24.0 Å². The van der Waals surface area contributed by atoms with Crippen molar-refractivity contribution in [1.29, 1.82) is 5.26 Å². The van der Waals surface area contributed by atoms with Crippen LogP contribution < -0.4 is 15.6 Å². The topological polar surface area (TPSA) is 131 Å². The summed E-state index contributed by atoms with van der Waals surface area (Å²) in [6.07, 6.45) is 4.10. The van der Waals surface area contributed by atoms with Crippen molar-refractivity contribution in [2.24, 2.45) is 7.05 Å². The number of nitrogens with one attached hydrogen (secondary N) is 1. The number of aryl methyl sites for hydroxylation is 1. The first-order valence-corrected chi connectivity index (χ1v) is 12.9. The van der Waals surface area contributed by atoms with Gasteiger partial charge in [-0.2, -0.15) is 5.26 Å². The highest BCUT2D eigenvalue weighted by Crippen LogP contribution is 2.50. The summed E-state index contributed by atoms with van der Waals surface area (Å²) in [7, 11) is -1.69. The molecule has 3 aromatic rings. The third-order valence-electron chi connectivity index (χ3n) is 6.71. The van der Waals surface area contributed by atoms with Gasteiger partial charge in [-0.15, -0.1) is 0 Å². The molecule has 0 radical (unpaired) electrons. The van der Waals surface area contributed by atoms with Gasteiger partial charge in [-0.3, -0.25) is 14.6 Å². The maximum Gasteiger partial charge on any atom is 0.263 e. The Morgan fingerprint density at radius 3 is 2.60 bits per heavy atom. The van der Waals surface area contributed by atoms with Gasteiger partial charge in [-0.05, 0) is 49.4 Å². The van der Waals surface area contributed by atoms with Crippen LogP contribution in [0.25, 0.3) is 11.0 Å². The molecule has 0 aliphatic heterocycles. The monoisotopic (exact) mass is 492 g/mol. The number of nitriles is 1. The van der Waals surface area contributed by atoms with Crippen molar-refractivity contribution < 1.29 is 17.9 Å². The summed E-state index contributed by atoms with van der Waals surface area (Å²) in [4.78, 5) is 30.1. The van der Waals surface area contributed by atoms with E-state index in [1.54, 1.807) is 30.3 Å². The summed E-state index contributed by atoms with van der Waals surface area (Å²) in [6.45, 7) is 0.228. The fourth-order valence-electron chi connectivity index (χ4n) is 4.22. The number of aromatic nitrogens is 2. The Labute approximate surface area is 202 Å². The predicted octanol–water partition coefficient (Wildman–Crippen LogP) is 2.22. The summed E-state index contributed by atoms with van der Waals surface area (Å²) in [5.41, 5.74) is 1.53. The van der Waals surface area contributed by atoms with Crippen molar-refractivity contribution in [3.05, 3.63) is 69.6 Å². The van der Waals surface area contributed by atoms with Gasteiger partial charge in [0.15, 0.2) is 9.84 Å². The standard InChI is InChI=1S/C25H24N4O5S/c1-29-22-20(12-19(24(29)31)23(30)28-14-17-4-2-16(13-26)3-5-17)27-11-8-21(22)34-15-25(9-10-25)35(32,33)18-6-7-18/h2-5,8,11-12,18H,6-7,9-10,14-15H2,1H3,(H,28,30). The Hall–Kier alpha value is -3.71. The molecule has 0 atom stereocenters. The fraction of sp³-hybridized carbons (Fsp3) is 0.360. The number of rotatable bonds is 8. The Morgan fingerprint density at radius 1 is 1.26 bits per heavy atom. The van der Waals surface area contributed by atoms with Gasteiger partial charge in [0.2, 0.25) is 0 Å². The van der Waals surface area contributed by atoms with Gasteiger partial charge >= 0.3 is 0 Å². The molecule has 2 saturated carbocycles. The van der Waals surface area contributed by atoms with E-state index in [0.29, 0.717) is 48.0 Å². The van der Waals surface area contributed by atoms with Crippen LogP contribution in [0.2, 0.25) is 0 Å². The van der Waals surface area contributed by atoms with Crippen molar-refractivity contribution in [3.63, 3.8) is 0 Å². The van der Waals surface area contributed by atoms with Gasteiger partial charge < -0.3 is 14.6 Å². The lowest BCUT2D eigenvalue weighted by Crippen LogP contribution is -2.34. The largest absolute Gasteiger partial charge is 0.490 e. The number of nitrogens with zero attached hydrogens (tertiary/aromatic N) is 3. The van der Waals surface area contributed by atoms with Crippen LogP contribution in [0.4, 0.5) is 0 Å². The molecule has 1 aromatic carbocycles. The smallest absolute Gasteiger partial charge is 0.263 e. The fourth-order valence-corrected chi connectivity index (χ4v) is 6.58. The van der Waals surface area contributed by atoms with E-state index in [9.17, 15) is 18.0 Å². The molecule has 9 nitrogen and oxygen atoms in total. The minimum atomic E-state index is -3.23. The minimum Gasteiger partial charge on any atom is -0.490 e. The number of benzene rings is 1. The zero-order valence-electron chi connectivity index (χ0n) is 19.2. The quantitative estimate of drug-likeness (QED) is 0.510. The van der Waals surface area contributed by atoms with E-state index in [2.05, 4.69) is 10.3 Å². The van der Waals surface area contributed by atoms with Gasteiger partial charge in [0.25, 0.3) is 11.5 Å². The van der Waals surface area contributed by atoms with E-state index < -0.39 is 26.1 Å². The number of carbonyl (C=O) groups excluding carboxylic acids is 1. The average Bonchev–Trinajstić information content (AvgIpc) is 3.77. The molecule has 180 valence electrons. The number of fused-ring (bicyclic) bond motifs is 1. The second-order valence-electron chi connectivity index (χ2n) is 9.17. The first-order valence-electron chi connectivity index (χ1n) is 11.4. The lowest BCUT2D eigenvalue weighted by Gasteiger charge is -2.18. The van der Waals surface area contributed by atoms with Crippen molar-refractivity contribution >= 4 is 26.8 Å². The van der Waals surface area contributed by atoms with Crippen molar-refractivity contribution in [1.82, 2.24) is 14.9 Å². The molecule has 2 fully saturated rings. The lowest BCUT2D eigenvalue weighted by molar-refractivity contribution is 0.0949. The molecule has 10 heteroatoms. The average molecular weight is 493 g/mol. The Balaban J connectivity index is 1.37. The van der Waals surface area contributed by atoms with Crippen molar-refractivity contribution in [2.75, 3.05) is 6.61 Å². The van der Waals surface area contributed by atoms with E-state index in [1.807, 2.05) is 6.07 Å².